The van der Waals surface area contributed by atoms with Gasteiger partial charge >= 0.3 is 6.09 Å². The molecule has 31 heavy (non-hydrogen) atoms. The van der Waals surface area contributed by atoms with Gasteiger partial charge in [-0.3, -0.25) is 0 Å². The number of likely N-dealkylation sites (tertiary alicyclic amines) is 1. The van der Waals surface area contributed by atoms with Gasteiger partial charge in [0, 0.05) is 43.9 Å². The maximum Gasteiger partial charge on any atom is 0.407 e. The summed E-state index contributed by atoms with van der Waals surface area (Å²) in [6.45, 7) is 14.2. The summed E-state index contributed by atoms with van der Waals surface area (Å²) in [5.41, 5.74) is -0.470. The molecular weight excluding hydrogens is 529 g/mol. The number of amides is 1. The molecular formula is C21H38IN5O3S. The maximum atomic E-state index is 11.6. The van der Waals surface area contributed by atoms with E-state index < -0.39 is 5.60 Å². The first-order chi connectivity index (χ1) is 14.3. The summed E-state index contributed by atoms with van der Waals surface area (Å²) < 4.78 is 11.2. The lowest BCUT2D eigenvalue weighted by molar-refractivity contribution is 0.0170. The van der Waals surface area contributed by atoms with E-state index in [-0.39, 0.29) is 36.2 Å². The highest BCUT2D eigenvalue weighted by Gasteiger charge is 2.22. The number of alkyl carbamates (subject to hydrolysis) is 1. The van der Waals surface area contributed by atoms with Gasteiger partial charge in [-0.15, -0.1) is 35.3 Å². The predicted octanol–water partition coefficient (Wildman–Crippen LogP) is 3.93. The molecule has 1 saturated heterocycles. The van der Waals surface area contributed by atoms with Gasteiger partial charge in [-0.05, 0) is 53.9 Å². The number of rotatable bonds is 8. The van der Waals surface area contributed by atoms with Gasteiger partial charge < -0.3 is 25.0 Å². The molecule has 0 aliphatic carbocycles. The van der Waals surface area contributed by atoms with Crippen LogP contribution in [-0.4, -0.2) is 66.4 Å². The van der Waals surface area contributed by atoms with Crippen LogP contribution < -0.4 is 10.6 Å². The second-order valence-corrected chi connectivity index (χ2v) is 9.69. The number of carbonyl (C=O) groups excluding carboxylic acids is 1. The van der Waals surface area contributed by atoms with E-state index in [1.54, 1.807) is 11.3 Å². The molecule has 2 rings (SSSR count). The van der Waals surface area contributed by atoms with Crippen molar-refractivity contribution in [2.75, 3.05) is 32.8 Å². The van der Waals surface area contributed by atoms with Crippen molar-refractivity contribution in [2.45, 2.75) is 72.1 Å². The van der Waals surface area contributed by atoms with E-state index in [4.69, 9.17) is 14.5 Å². The minimum atomic E-state index is -0.470. The van der Waals surface area contributed by atoms with E-state index in [0.717, 1.165) is 49.9 Å². The van der Waals surface area contributed by atoms with Gasteiger partial charge in [0.1, 0.15) is 10.6 Å². The van der Waals surface area contributed by atoms with Crippen LogP contribution >= 0.6 is 35.3 Å². The van der Waals surface area contributed by atoms with Crippen molar-refractivity contribution in [2.24, 2.45) is 4.99 Å². The summed E-state index contributed by atoms with van der Waals surface area (Å²) in [6.07, 6.45) is 4.50. The Bertz CT molecular complexity index is 685. The van der Waals surface area contributed by atoms with Crippen molar-refractivity contribution in [3.05, 3.63) is 16.1 Å². The molecule has 1 aliphatic heterocycles. The summed E-state index contributed by atoms with van der Waals surface area (Å²) >= 11 is 1.69. The summed E-state index contributed by atoms with van der Waals surface area (Å²) in [6, 6.07) is 0. The Hall–Kier alpha value is -1.14. The Morgan fingerprint density at radius 2 is 2.03 bits per heavy atom. The van der Waals surface area contributed by atoms with Gasteiger partial charge in [0.05, 0.1) is 12.6 Å². The molecule has 2 N–H and O–H groups in total. The van der Waals surface area contributed by atoms with Crippen LogP contribution in [-0.2, 0) is 16.0 Å². The van der Waals surface area contributed by atoms with Gasteiger partial charge in [0.25, 0.3) is 0 Å². The number of nitrogens with one attached hydrogen (secondary N) is 2. The largest absolute Gasteiger partial charge is 0.444 e. The molecule has 0 bridgehead atoms. The summed E-state index contributed by atoms with van der Waals surface area (Å²) in [5, 5.41) is 7.20. The lowest BCUT2D eigenvalue weighted by atomic mass is 10.1. The van der Waals surface area contributed by atoms with Crippen molar-refractivity contribution in [3.8, 4) is 0 Å². The third-order valence-electron chi connectivity index (χ3n) is 4.45. The van der Waals surface area contributed by atoms with Crippen LogP contribution in [0.2, 0.25) is 0 Å². The van der Waals surface area contributed by atoms with E-state index in [1.807, 2.05) is 27.0 Å². The van der Waals surface area contributed by atoms with E-state index in [0.29, 0.717) is 19.7 Å². The second-order valence-electron chi connectivity index (χ2n) is 8.37. The zero-order valence-corrected chi connectivity index (χ0v) is 22.5. The Balaban J connectivity index is 0.00000480. The minimum absolute atomic E-state index is 0. The molecule has 1 aliphatic rings. The number of ether oxygens (including phenoxy) is 2. The first kappa shape index (κ1) is 27.9. The number of hydrogen-bond donors (Lipinski definition) is 2. The highest BCUT2D eigenvalue weighted by molar-refractivity contribution is 14.0. The number of guanidine groups is 1. The normalized spacial score (nSPS) is 15.4. The number of hydrogen-bond acceptors (Lipinski definition) is 6. The SMILES string of the molecule is CCNC(=NCc1ncc(C)s1)N1CCC(OCCCNC(=O)OC(C)(C)C)CC1.I. The summed E-state index contributed by atoms with van der Waals surface area (Å²) in [4.78, 5) is 24.3. The van der Waals surface area contributed by atoms with Crippen LogP contribution in [0, 0.1) is 6.92 Å². The maximum absolute atomic E-state index is 11.6. The van der Waals surface area contributed by atoms with Crippen molar-refractivity contribution >= 4 is 47.4 Å². The van der Waals surface area contributed by atoms with E-state index in [1.165, 1.54) is 4.88 Å². The molecule has 0 spiro atoms. The van der Waals surface area contributed by atoms with Gasteiger partial charge in [-0.2, -0.15) is 0 Å². The molecule has 2 heterocycles. The fraction of sp³-hybridized carbons (Fsp3) is 0.762. The van der Waals surface area contributed by atoms with Crippen LogP contribution in [0.25, 0.3) is 0 Å². The van der Waals surface area contributed by atoms with E-state index >= 15 is 0 Å². The fourth-order valence-corrected chi connectivity index (χ4v) is 3.82. The average molecular weight is 568 g/mol. The number of carbonyl (C=O) groups is 1. The standard InChI is InChI=1S/C21H37N5O3S.HI/c1-6-22-19(25-15-18-24-14-16(2)30-18)26-11-8-17(9-12-26)28-13-7-10-23-20(27)29-21(3,4)5;/h14,17H,6-13,15H2,1-5H3,(H,22,25)(H,23,27);1H. The molecule has 1 amide bonds. The Kier molecular flexibility index (Phi) is 12.7. The van der Waals surface area contributed by atoms with Crippen molar-refractivity contribution < 1.29 is 14.3 Å². The van der Waals surface area contributed by atoms with Crippen LogP contribution in [0.5, 0.6) is 0 Å². The molecule has 178 valence electrons. The lowest BCUT2D eigenvalue weighted by Gasteiger charge is -2.34. The smallest absolute Gasteiger partial charge is 0.407 e. The second kappa shape index (κ2) is 14.1. The highest BCUT2D eigenvalue weighted by atomic mass is 127. The van der Waals surface area contributed by atoms with Gasteiger partial charge in [0.2, 0.25) is 0 Å². The fourth-order valence-electron chi connectivity index (χ4n) is 3.10. The predicted molar refractivity (Wildman–Crippen MR) is 136 cm³/mol. The topological polar surface area (TPSA) is 88.1 Å². The number of halogens is 1. The van der Waals surface area contributed by atoms with Crippen LogP contribution in [0.4, 0.5) is 4.79 Å². The lowest BCUT2D eigenvalue weighted by Crippen LogP contribution is -2.47. The molecule has 8 nitrogen and oxygen atoms in total. The van der Waals surface area contributed by atoms with Crippen molar-refractivity contribution in [1.82, 2.24) is 20.5 Å². The molecule has 10 heteroatoms. The summed E-state index contributed by atoms with van der Waals surface area (Å²) in [7, 11) is 0. The third kappa shape index (κ3) is 11.3. The van der Waals surface area contributed by atoms with Crippen LogP contribution in [0.3, 0.4) is 0 Å². The quantitative estimate of drug-likeness (QED) is 0.214. The highest BCUT2D eigenvalue weighted by Crippen LogP contribution is 2.16. The van der Waals surface area contributed by atoms with Gasteiger partial charge in [0.15, 0.2) is 5.96 Å². The first-order valence-electron chi connectivity index (χ1n) is 10.8. The molecule has 0 unspecified atom stereocenters. The minimum Gasteiger partial charge on any atom is -0.444 e. The van der Waals surface area contributed by atoms with Crippen molar-refractivity contribution in [1.29, 1.82) is 0 Å². The number of aromatic nitrogens is 1. The number of nitrogens with zero attached hydrogens (tertiary/aromatic N) is 3. The molecule has 1 fully saturated rings. The van der Waals surface area contributed by atoms with E-state index in [2.05, 4.69) is 34.4 Å². The third-order valence-corrected chi connectivity index (χ3v) is 5.35. The molecule has 0 aromatic carbocycles. The molecule has 0 saturated carbocycles. The zero-order chi connectivity index (χ0) is 22.0. The first-order valence-corrected chi connectivity index (χ1v) is 11.6. The zero-order valence-electron chi connectivity index (χ0n) is 19.4. The average Bonchev–Trinajstić information content (AvgIpc) is 3.09. The molecule has 0 atom stereocenters. The van der Waals surface area contributed by atoms with Crippen molar-refractivity contribution in [3.63, 3.8) is 0 Å². The number of thiazole rings is 1. The van der Waals surface area contributed by atoms with Crippen LogP contribution in [0.15, 0.2) is 11.2 Å². The number of piperidine rings is 1. The molecule has 0 radical (unpaired) electrons. The Labute approximate surface area is 207 Å². The molecule has 1 aromatic rings. The Morgan fingerprint density at radius 3 is 2.61 bits per heavy atom. The van der Waals surface area contributed by atoms with Gasteiger partial charge in [-0.1, -0.05) is 0 Å². The number of aliphatic imine (C=N–C) groups is 1. The monoisotopic (exact) mass is 567 g/mol. The number of aryl methyl sites for hydroxylation is 1. The Morgan fingerprint density at radius 1 is 1.32 bits per heavy atom. The van der Waals surface area contributed by atoms with Crippen LogP contribution in [0.1, 0.15) is 56.8 Å². The molecule has 1 aromatic heterocycles. The summed E-state index contributed by atoms with van der Waals surface area (Å²) in [5.74, 6) is 0.949. The van der Waals surface area contributed by atoms with Gasteiger partial charge in [-0.25, -0.2) is 14.8 Å². The van der Waals surface area contributed by atoms with E-state index in [9.17, 15) is 4.79 Å².